The Bertz CT molecular complexity index is 822. The molecule has 3 heterocycles. The summed E-state index contributed by atoms with van der Waals surface area (Å²) < 4.78 is 2.20. The maximum Gasteiger partial charge on any atom is 0.230 e. The molecule has 0 unspecified atom stereocenters. The van der Waals surface area contributed by atoms with Gasteiger partial charge in [-0.3, -0.25) is 9.36 Å². The summed E-state index contributed by atoms with van der Waals surface area (Å²) in [5, 5.41) is 16.6. The van der Waals surface area contributed by atoms with E-state index in [-0.39, 0.29) is 5.91 Å². The first-order valence-corrected chi connectivity index (χ1v) is 11.0. The van der Waals surface area contributed by atoms with Gasteiger partial charge in [-0.1, -0.05) is 23.9 Å². The number of amides is 1. The summed E-state index contributed by atoms with van der Waals surface area (Å²) >= 11 is 4.87. The Labute approximate surface area is 158 Å². The van der Waals surface area contributed by atoms with E-state index in [4.69, 9.17) is 0 Å². The van der Waals surface area contributed by atoms with E-state index in [1.165, 1.54) is 16.6 Å². The maximum absolute atomic E-state index is 12.1. The lowest BCUT2D eigenvalue weighted by Gasteiger charge is -2.08. The van der Waals surface area contributed by atoms with Crippen molar-refractivity contribution in [2.45, 2.75) is 30.5 Å². The fourth-order valence-electron chi connectivity index (χ4n) is 2.57. The van der Waals surface area contributed by atoms with Crippen molar-refractivity contribution >= 4 is 40.3 Å². The summed E-state index contributed by atoms with van der Waals surface area (Å²) in [5.41, 5.74) is 0. The molecule has 5 nitrogen and oxygen atoms in total. The molecule has 3 aromatic heterocycles. The average Bonchev–Trinajstić information content (AvgIpc) is 3.06. The molecule has 1 aliphatic carbocycles. The van der Waals surface area contributed by atoms with E-state index in [9.17, 15) is 4.79 Å². The zero-order chi connectivity index (χ0) is 17.1. The third-order valence-corrected chi connectivity index (χ3v) is 6.67. The van der Waals surface area contributed by atoms with Crippen molar-refractivity contribution in [1.29, 1.82) is 0 Å². The smallest absolute Gasteiger partial charge is 0.230 e. The molecule has 8 heteroatoms. The van der Waals surface area contributed by atoms with Crippen LogP contribution in [0.4, 0.5) is 0 Å². The van der Waals surface area contributed by atoms with Gasteiger partial charge in [-0.25, -0.2) is 0 Å². The van der Waals surface area contributed by atoms with Gasteiger partial charge in [0.25, 0.3) is 0 Å². The SMILES string of the molecule is O=C(CSc1nnc(-c2cccs2)n1C1CC1)NCCc1cccs1. The molecule has 25 heavy (non-hydrogen) atoms. The van der Waals surface area contributed by atoms with Gasteiger partial charge in [0.2, 0.25) is 5.91 Å². The first-order valence-electron chi connectivity index (χ1n) is 8.22. The number of nitrogens with zero attached hydrogens (tertiary/aromatic N) is 3. The molecule has 0 aliphatic heterocycles. The Hall–Kier alpha value is -1.64. The number of rotatable bonds is 8. The fraction of sp³-hybridized carbons (Fsp3) is 0.353. The van der Waals surface area contributed by atoms with Gasteiger partial charge in [0.15, 0.2) is 11.0 Å². The van der Waals surface area contributed by atoms with E-state index in [0.29, 0.717) is 18.3 Å². The van der Waals surface area contributed by atoms with Gasteiger partial charge in [-0.2, -0.15) is 0 Å². The zero-order valence-corrected chi connectivity index (χ0v) is 16.0. The Morgan fingerprint density at radius 3 is 2.80 bits per heavy atom. The fourth-order valence-corrected chi connectivity index (χ4v) is 4.82. The van der Waals surface area contributed by atoms with Crippen LogP contribution in [0.2, 0.25) is 0 Å². The maximum atomic E-state index is 12.1. The Kier molecular flexibility index (Phi) is 5.19. The third kappa shape index (κ3) is 4.13. The molecule has 130 valence electrons. The van der Waals surface area contributed by atoms with Gasteiger partial charge in [0, 0.05) is 17.5 Å². The molecule has 1 fully saturated rings. The summed E-state index contributed by atoms with van der Waals surface area (Å²) in [7, 11) is 0. The molecule has 1 amide bonds. The number of hydrogen-bond acceptors (Lipinski definition) is 6. The summed E-state index contributed by atoms with van der Waals surface area (Å²) in [6.07, 6.45) is 3.21. The first-order chi connectivity index (χ1) is 12.3. The molecule has 0 aromatic carbocycles. The summed E-state index contributed by atoms with van der Waals surface area (Å²) in [6.45, 7) is 0.676. The normalized spacial score (nSPS) is 13.9. The van der Waals surface area contributed by atoms with Gasteiger partial charge >= 0.3 is 0 Å². The minimum absolute atomic E-state index is 0.0459. The highest BCUT2D eigenvalue weighted by Gasteiger charge is 2.30. The third-order valence-electron chi connectivity index (χ3n) is 3.92. The van der Waals surface area contributed by atoms with Crippen molar-refractivity contribution in [3.05, 3.63) is 39.9 Å². The number of aromatic nitrogens is 3. The predicted octanol–water partition coefficient (Wildman–Crippen LogP) is 3.85. The van der Waals surface area contributed by atoms with E-state index >= 15 is 0 Å². The van der Waals surface area contributed by atoms with E-state index in [1.54, 1.807) is 22.7 Å². The summed E-state index contributed by atoms with van der Waals surface area (Å²) in [6, 6.07) is 8.71. The number of hydrogen-bond donors (Lipinski definition) is 1. The second-order valence-electron chi connectivity index (χ2n) is 5.85. The Balaban J connectivity index is 1.34. The van der Waals surface area contributed by atoms with Crippen molar-refractivity contribution < 1.29 is 4.79 Å². The second kappa shape index (κ2) is 7.72. The van der Waals surface area contributed by atoms with Crippen LogP contribution in [-0.2, 0) is 11.2 Å². The van der Waals surface area contributed by atoms with E-state index in [2.05, 4.69) is 43.0 Å². The van der Waals surface area contributed by atoms with E-state index < -0.39 is 0 Å². The zero-order valence-electron chi connectivity index (χ0n) is 13.6. The van der Waals surface area contributed by atoms with Crippen LogP contribution < -0.4 is 5.32 Å². The van der Waals surface area contributed by atoms with Crippen molar-refractivity contribution in [2.75, 3.05) is 12.3 Å². The molecular weight excluding hydrogens is 372 g/mol. The van der Waals surface area contributed by atoms with E-state index in [1.807, 2.05) is 12.1 Å². The van der Waals surface area contributed by atoms with Crippen LogP contribution in [0.3, 0.4) is 0 Å². The Morgan fingerprint density at radius 1 is 1.24 bits per heavy atom. The predicted molar refractivity (Wildman–Crippen MR) is 103 cm³/mol. The van der Waals surface area contributed by atoms with Crippen LogP contribution in [0.25, 0.3) is 10.7 Å². The van der Waals surface area contributed by atoms with Gasteiger partial charge in [-0.05, 0) is 42.2 Å². The highest BCUT2D eigenvalue weighted by atomic mass is 32.2. The summed E-state index contributed by atoms with van der Waals surface area (Å²) in [4.78, 5) is 14.5. The van der Waals surface area contributed by atoms with Crippen LogP contribution >= 0.6 is 34.4 Å². The number of thiophene rings is 2. The van der Waals surface area contributed by atoms with Gasteiger partial charge in [-0.15, -0.1) is 32.9 Å². The highest BCUT2D eigenvalue weighted by molar-refractivity contribution is 7.99. The lowest BCUT2D eigenvalue weighted by atomic mass is 10.3. The van der Waals surface area contributed by atoms with Crippen LogP contribution in [-0.4, -0.2) is 33.0 Å². The van der Waals surface area contributed by atoms with E-state index in [0.717, 1.165) is 35.1 Å². The molecule has 0 bridgehead atoms. The monoisotopic (exact) mass is 390 g/mol. The number of nitrogens with one attached hydrogen (secondary N) is 1. The van der Waals surface area contributed by atoms with Crippen molar-refractivity contribution in [2.24, 2.45) is 0 Å². The molecule has 1 N–H and O–H groups in total. The van der Waals surface area contributed by atoms with Gasteiger partial charge in [0.05, 0.1) is 10.6 Å². The lowest BCUT2D eigenvalue weighted by Crippen LogP contribution is -2.27. The van der Waals surface area contributed by atoms with Crippen LogP contribution in [0.5, 0.6) is 0 Å². The van der Waals surface area contributed by atoms with Gasteiger partial charge in [0.1, 0.15) is 0 Å². The van der Waals surface area contributed by atoms with Crippen molar-refractivity contribution in [1.82, 2.24) is 20.1 Å². The molecule has 4 rings (SSSR count). The minimum atomic E-state index is 0.0459. The highest BCUT2D eigenvalue weighted by Crippen LogP contribution is 2.41. The number of carbonyl (C=O) groups excluding carboxylic acids is 1. The average molecular weight is 391 g/mol. The van der Waals surface area contributed by atoms with Crippen molar-refractivity contribution in [3.8, 4) is 10.7 Å². The summed E-state index contributed by atoms with van der Waals surface area (Å²) in [5.74, 6) is 1.35. The molecule has 1 saturated carbocycles. The Morgan fingerprint density at radius 2 is 2.08 bits per heavy atom. The van der Waals surface area contributed by atoms with Crippen molar-refractivity contribution in [3.63, 3.8) is 0 Å². The van der Waals surface area contributed by atoms with Gasteiger partial charge < -0.3 is 5.32 Å². The topological polar surface area (TPSA) is 59.8 Å². The largest absolute Gasteiger partial charge is 0.355 e. The minimum Gasteiger partial charge on any atom is -0.355 e. The van der Waals surface area contributed by atoms with Crippen LogP contribution in [0.15, 0.2) is 40.2 Å². The number of thioether (sulfide) groups is 1. The molecule has 0 spiro atoms. The molecule has 0 saturated heterocycles. The van der Waals surface area contributed by atoms with Crippen LogP contribution in [0, 0.1) is 0 Å². The molecule has 0 atom stereocenters. The standard InChI is InChI=1S/C17H18N4OS3/c22-15(18-8-7-13-3-1-9-23-13)11-25-17-20-19-16(14-4-2-10-24-14)21(17)12-5-6-12/h1-4,9-10,12H,5-8,11H2,(H,18,22). The molecule has 0 radical (unpaired) electrons. The molecular formula is C17H18N4OS3. The molecule has 1 aliphatic rings. The lowest BCUT2D eigenvalue weighted by molar-refractivity contribution is -0.118. The number of carbonyl (C=O) groups is 1. The molecule has 3 aromatic rings. The second-order valence-corrected chi connectivity index (χ2v) is 8.78. The van der Waals surface area contributed by atoms with Crippen LogP contribution in [0.1, 0.15) is 23.8 Å². The first kappa shape index (κ1) is 16.8. The quantitative estimate of drug-likeness (QED) is 0.594.